The Bertz CT molecular complexity index is 305. The number of nitrogens with one attached hydrogen (secondary N) is 1. The van der Waals surface area contributed by atoms with E-state index in [1.807, 2.05) is 0 Å². The van der Waals surface area contributed by atoms with E-state index >= 15 is 0 Å². The van der Waals surface area contributed by atoms with Crippen molar-refractivity contribution in [3.05, 3.63) is 0 Å². The molecule has 4 atom stereocenters. The van der Waals surface area contributed by atoms with Gasteiger partial charge in [-0.05, 0) is 31.6 Å². The standard InChI is InChI=1S/C16H30N2O/c1-4-6-10-13-16(19)18(15(17-13)8-5-2)14-11-7-9-12(14)3/h12-15,17H,4-11H2,1-3H3. The molecule has 0 spiro atoms. The molecule has 1 saturated heterocycles. The van der Waals surface area contributed by atoms with E-state index in [9.17, 15) is 4.79 Å². The van der Waals surface area contributed by atoms with Crippen LogP contribution < -0.4 is 5.32 Å². The van der Waals surface area contributed by atoms with Crippen LogP contribution in [0.5, 0.6) is 0 Å². The normalized spacial score (nSPS) is 35.3. The summed E-state index contributed by atoms with van der Waals surface area (Å²) in [6, 6.07) is 0.576. The SMILES string of the molecule is CCCCC1NC(CCC)N(C2CCCC2C)C1=O. The average Bonchev–Trinajstić information content (AvgIpc) is 2.92. The molecule has 2 fully saturated rings. The van der Waals surface area contributed by atoms with E-state index in [1.54, 1.807) is 0 Å². The fourth-order valence-electron chi connectivity index (χ4n) is 3.76. The van der Waals surface area contributed by atoms with Gasteiger partial charge in [0.15, 0.2) is 0 Å². The number of carbonyl (C=O) groups is 1. The third-order valence-electron chi connectivity index (χ3n) is 4.86. The minimum atomic E-state index is 0.0873. The molecule has 0 aromatic rings. The van der Waals surface area contributed by atoms with Crippen LogP contribution in [0.4, 0.5) is 0 Å². The first kappa shape index (κ1) is 14.8. The summed E-state index contributed by atoms with van der Waals surface area (Å²) < 4.78 is 0. The van der Waals surface area contributed by atoms with Crippen molar-refractivity contribution in [3.8, 4) is 0 Å². The number of carbonyl (C=O) groups excluding carboxylic acids is 1. The predicted molar refractivity (Wildman–Crippen MR) is 78.8 cm³/mol. The van der Waals surface area contributed by atoms with E-state index in [0.717, 1.165) is 25.7 Å². The average molecular weight is 266 g/mol. The van der Waals surface area contributed by atoms with E-state index in [0.29, 0.717) is 24.0 Å². The second-order valence-corrected chi connectivity index (χ2v) is 6.39. The first-order valence-corrected chi connectivity index (χ1v) is 8.27. The van der Waals surface area contributed by atoms with Crippen molar-refractivity contribution >= 4 is 5.91 Å². The summed E-state index contributed by atoms with van der Waals surface area (Å²) in [5.41, 5.74) is 0. The highest BCUT2D eigenvalue weighted by atomic mass is 16.2. The number of hydrogen-bond donors (Lipinski definition) is 1. The topological polar surface area (TPSA) is 32.3 Å². The lowest BCUT2D eigenvalue weighted by Gasteiger charge is -2.32. The molecule has 1 N–H and O–H groups in total. The van der Waals surface area contributed by atoms with Crippen LogP contribution in [0.1, 0.15) is 72.1 Å². The minimum absolute atomic E-state index is 0.0873. The summed E-state index contributed by atoms with van der Waals surface area (Å²) in [4.78, 5) is 14.9. The molecule has 0 aromatic heterocycles. The molecule has 110 valence electrons. The zero-order valence-corrected chi connectivity index (χ0v) is 12.8. The first-order valence-electron chi connectivity index (χ1n) is 8.27. The Morgan fingerprint density at radius 3 is 2.58 bits per heavy atom. The maximum absolute atomic E-state index is 12.7. The van der Waals surface area contributed by atoms with Gasteiger partial charge in [0.1, 0.15) is 0 Å². The van der Waals surface area contributed by atoms with Crippen molar-refractivity contribution < 1.29 is 4.79 Å². The Morgan fingerprint density at radius 1 is 1.21 bits per heavy atom. The summed E-state index contributed by atoms with van der Waals surface area (Å²) in [5, 5.41) is 3.60. The van der Waals surface area contributed by atoms with Gasteiger partial charge in [-0.2, -0.15) is 0 Å². The summed E-state index contributed by atoms with van der Waals surface area (Å²) in [6.07, 6.45) is 9.63. The van der Waals surface area contributed by atoms with E-state index in [4.69, 9.17) is 0 Å². The van der Waals surface area contributed by atoms with Gasteiger partial charge in [0, 0.05) is 6.04 Å². The van der Waals surface area contributed by atoms with Crippen molar-refractivity contribution in [2.75, 3.05) is 0 Å². The molecule has 3 nitrogen and oxygen atoms in total. The third-order valence-corrected chi connectivity index (χ3v) is 4.86. The van der Waals surface area contributed by atoms with Gasteiger partial charge in [-0.1, -0.05) is 46.5 Å². The van der Waals surface area contributed by atoms with E-state index in [1.165, 1.54) is 25.7 Å². The highest BCUT2D eigenvalue weighted by molar-refractivity contribution is 5.84. The second kappa shape index (κ2) is 6.74. The van der Waals surface area contributed by atoms with Gasteiger partial charge in [0.05, 0.1) is 12.2 Å². The van der Waals surface area contributed by atoms with E-state index in [2.05, 4.69) is 31.0 Å². The molecule has 0 radical (unpaired) electrons. The van der Waals surface area contributed by atoms with Crippen molar-refractivity contribution in [1.29, 1.82) is 0 Å². The summed E-state index contributed by atoms with van der Waals surface area (Å²) in [6.45, 7) is 6.72. The van der Waals surface area contributed by atoms with Gasteiger partial charge < -0.3 is 4.90 Å². The van der Waals surface area contributed by atoms with Crippen molar-refractivity contribution in [2.45, 2.75) is 90.4 Å². The molecule has 2 rings (SSSR count). The molecule has 3 heteroatoms. The molecule has 2 aliphatic rings. The highest BCUT2D eigenvalue weighted by Crippen LogP contribution is 2.34. The van der Waals surface area contributed by atoms with E-state index < -0.39 is 0 Å². The largest absolute Gasteiger partial charge is 0.323 e. The third kappa shape index (κ3) is 3.13. The van der Waals surface area contributed by atoms with Crippen molar-refractivity contribution in [2.24, 2.45) is 5.92 Å². The molecule has 1 amide bonds. The Hall–Kier alpha value is -0.570. The zero-order chi connectivity index (χ0) is 13.8. The van der Waals surface area contributed by atoms with Gasteiger partial charge in [0.2, 0.25) is 5.91 Å². The van der Waals surface area contributed by atoms with Crippen LogP contribution in [-0.4, -0.2) is 29.1 Å². The second-order valence-electron chi connectivity index (χ2n) is 6.39. The Labute approximate surface area is 118 Å². The van der Waals surface area contributed by atoms with Crippen LogP contribution in [0.2, 0.25) is 0 Å². The molecule has 1 saturated carbocycles. The minimum Gasteiger partial charge on any atom is -0.323 e. The fraction of sp³-hybridized carbons (Fsp3) is 0.938. The molecule has 1 heterocycles. The highest BCUT2D eigenvalue weighted by Gasteiger charge is 2.44. The quantitative estimate of drug-likeness (QED) is 0.800. The Balaban J connectivity index is 2.06. The lowest BCUT2D eigenvalue weighted by molar-refractivity contribution is -0.133. The van der Waals surface area contributed by atoms with Gasteiger partial charge in [0.25, 0.3) is 0 Å². The number of rotatable bonds is 6. The summed E-state index contributed by atoms with van der Waals surface area (Å²) in [5.74, 6) is 1.06. The molecule has 0 aromatic carbocycles. The summed E-state index contributed by atoms with van der Waals surface area (Å²) in [7, 11) is 0. The predicted octanol–water partition coefficient (Wildman–Crippen LogP) is 3.29. The Kier molecular flexibility index (Phi) is 5.26. The number of amides is 1. The van der Waals surface area contributed by atoms with Crippen LogP contribution in [0.15, 0.2) is 0 Å². The fourth-order valence-corrected chi connectivity index (χ4v) is 3.76. The summed E-state index contributed by atoms with van der Waals surface area (Å²) >= 11 is 0. The molecule has 19 heavy (non-hydrogen) atoms. The molecular formula is C16H30N2O. The maximum Gasteiger partial charge on any atom is 0.241 e. The number of unbranched alkanes of at least 4 members (excludes halogenated alkanes) is 1. The number of hydrogen-bond acceptors (Lipinski definition) is 2. The van der Waals surface area contributed by atoms with Crippen LogP contribution in [0.3, 0.4) is 0 Å². The number of nitrogens with zero attached hydrogens (tertiary/aromatic N) is 1. The van der Waals surface area contributed by atoms with Crippen molar-refractivity contribution in [1.82, 2.24) is 10.2 Å². The van der Waals surface area contributed by atoms with Crippen LogP contribution in [-0.2, 0) is 4.79 Å². The molecule has 1 aliphatic heterocycles. The first-order chi connectivity index (χ1) is 9.19. The molecular weight excluding hydrogens is 236 g/mol. The van der Waals surface area contributed by atoms with Gasteiger partial charge in [-0.25, -0.2) is 0 Å². The van der Waals surface area contributed by atoms with Crippen molar-refractivity contribution in [3.63, 3.8) is 0 Å². The van der Waals surface area contributed by atoms with Gasteiger partial charge >= 0.3 is 0 Å². The maximum atomic E-state index is 12.7. The van der Waals surface area contributed by atoms with Crippen LogP contribution in [0.25, 0.3) is 0 Å². The molecule has 0 bridgehead atoms. The molecule has 1 aliphatic carbocycles. The molecule has 4 unspecified atom stereocenters. The smallest absolute Gasteiger partial charge is 0.241 e. The van der Waals surface area contributed by atoms with Crippen LogP contribution >= 0.6 is 0 Å². The lowest BCUT2D eigenvalue weighted by Crippen LogP contribution is -2.45. The van der Waals surface area contributed by atoms with Crippen LogP contribution in [0, 0.1) is 5.92 Å². The Morgan fingerprint density at radius 2 is 2.00 bits per heavy atom. The van der Waals surface area contributed by atoms with E-state index in [-0.39, 0.29) is 6.04 Å². The lowest BCUT2D eigenvalue weighted by atomic mass is 10.0. The van der Waals surface area contributed by atoms with Gasteiger partial charge in [-0.15, -0.1) is 0 Å². The zero-order valence-electron chi connectivity index (χ0n) is 12.8. The monoisotopic (exact) mass is 266 g/mol. The van der Waals surface area contributed by atoms with Gasteiger partial charge in [-0.3, -0.25) is 10.1 Å².